The van der Waals surface area contributed by atoms with E-state index in [-0.39, 0.29) is 0 Å². The highest BCUT2D eigenvalue weighted by molar-refractivity contribution is 8.01. The molecule has 0 fully saturated rings. The van der Waals surface area contributed by atoms with Crippen LogP contribution in [0.15, 0.2) is 0 Å². The first-order chi connectivity index (χ1) is 26.9. The van der Waals surface area contributed by atoms with E-state index in [1.807, 2.05) is 0 Å². The van der Waals surface area contributed by atoms with E-state index in [9.17, 15) is 0 Å². The van der Waals surface area contributed by atoms with E-state index < -0.39 is 0 Å². The summed E-state index contributed by atoms with van der Waals surface area (Å²) >= 11 is 2.11. The minimum Gasteiger partial charge on any atom is -0.157 e. The van der Waals surface area contributed by atoms with Crippen LogP contribution in [-0.2, 0) is 0 Å². The van der Waals surface area contributed by atoms with Crippen molar-refractivity contribution < 1.29 is 0 Å². The molecule has 0 amide bonds. The van der Waals surface area contributed by atoms with Gasteiger partial charge in [0.15, 0.2) is 0 Å². The average Bonchev–Trinajstić information content (AvgIpc) is 3.18. The van der Waals surface area contributed by atoms with Crippen molar-refractivity contribution in [2.75, 3.05) is 5.75 Å². The topological polar surface area (TPSA) is 0 Å². The normalized spacial score (nSPS) is 11.7. The third kappa shape index (κ3) is 52.3. The molecule has 0 aliphatic heterocycles. The standard InChI is InChI=1S/C53H107S/c1-3-5-7-9-11-13-15-17-19-21-23-25-27-28-29-31-33-35-37-39-41-43-45-47-49-51-53-54-52-50-48-46-44-42-40-38-36-34-32-30-26-24-22-20-18-16-14-12-10-8-6-4-2/h53H,3-52H2,1-2H3. The van der Waals surface area contributed by atoms with Crippen molar-refractivity contribution in [2.24, 2.45) is 0 Å². The summed E-state index contributed by atoms with van der Waals surface area (Å²) in [5.41, 5.74) is 0. The Hall–Kier alpha value is 0.350. The van der Waals surface area contributed by atoms with Crippen LogP contribution in [0.4, 0.5) is 0 Å². The second-order valence-electron chi connectivity index (χ2n) is 18.1. The molecular weight excluding hydrogens is 669 g/mol. The van der Waals surface area contributed by atoms with Gasteiger partial charge in [-0.25, -0.2) is 0 Å². The number of hydrogen-bond acceptors (Lipinski definition) is 1. The third-order valence-electron chi connectivity index (χ3n) is 12.4. The summed E-state index contributed by atoms with van der Waals surface area (Å²) in [6.45, 7) is 4.62. The first kappa shape index (κ1) is 54.3. The van der Waals surface area contributed by atoms with E-state index >= 15 is 0 Å². The van der Waals surface area contributed by atoms with Crippen LogP contribution in [0.3, 0.4) is 0 Å². The average molecular weight is 777 g/mol. The van der Waals surface area contributed by atoms with Crippen molar-refractivity contribution in [1.82, 2.24) is 0 Å². The van der Waals surface area contributed by atoms with Crippen LogP contribution in [0, 0.1) is 5.75 Å². The number of rotatable bonds is 51. The quantitative estimate of drug-likeness (QED) is 0.0555. The Bertz CT molecular complexity index is 548. The number of thioether (sulfide) groups is 1. The highest BCUT2D eigenvalue weighted by atomic mass is 32.2. The van der Waals surface area contributed by atoms with Gasteiger partial charge in [-0.1, -0.05) is 316 Å². The lowest BCUT2D eigenvalue weighted by molar-refractivity contribution is 0.516. The fourth-order valence-electron chi connectivity index (χ4n) is 8.50. The van der Waals surface area contributed by atoms with Crippen LogP contribution in [0.2, 0.25) is 0 Å². The van der Waals surface area contributed by atoms with Gasteiger partial charge in [-0.15, -0.1) is 0 Å². The minimum absolute atomic E-state index is 1.34. The SMILES string of the molecule is CCCCCCCCCCCCCCCCCCCCCCCCCCC[CH]SCCCCCCCCCCCCCCCCCCCCCCCCC. The zero-order valence-corrected chi connectivity index (χ0v) is 39.2. The number of unbranched alkanes of at least 4 members (excludes halogenated alkanes) is 47. The summed E-state index contributed by atoms with van der Waals surface area (Å²) in [5, 5.41) is 0. The molecular formula is C53H107S. The van der Waals surface area contributed by atoms with Gasteiger partial charge in [-0.3, -0.25) is 0 Å². The van der Waals surface area contributed by atoms with Crippen LogP contribution in [-0.4, -0.2) is 5.75 Å². The Morgan fingerprint density at radius 2 is 0.370 bits per heavy atom. The lowest BCUT2D eigenvalue weighted by atomic mass is 10.0. The van der Waals surface area contributed by atoms with Gasteiger partial charge in [0.05, 0.1) is 0 Å². The summed E-state index contributed by atoms with van der Waals surface area (Å²) in [6.07, 6.45) is 72.2. The molecule has 0 saturated heterocycles. The lowest BCUT2D eigenvalue weighted by Gasteiger charge is -2.05. The van der Waals surface area contributed by atoms with Crippen LogP contribution in [0.25, 0.3) is 0 Å². The van der Waals surface area contributed by atoms with Crippen LogP contribution >= 0.6 is 11.8 Å². The van der Waals surface area contributed by atoms with E-state index in [4.69, 9.17) is 0 Å². The molecule has 1 radical (unpaired) electrons. The molecule has 0 spiro atoms. The van der Waals surface area contributed by atoms with E-state index in [1.165, 1.54) is 320 Å². The predicted octanol–water partition coefficient (Wildman–Crippen LogP) is 21.0. The molecule has 54 heavy (non-hydrogen) atoms. The van der Waals surface area contributed by atoms with E-state index in [0.29, 0.717) is 0 Å². The monoisotopic (exact) mass is 776 g/mol. The summed E-state index contributed by atoms with van der Waals surface area (Å²) in [7, 11) is 0. The maximum absolute atomic E-state index is 2.52. The molecule has 0 rings (SSSR count). The van der Waals surface area contributed by atoms with Crippen molar-refractivity contribution in [2.45, 2.75) is 328 Å². The molecule has 0 aromatic heterocycles. The molecule has 0 aliphatic carbocycles. The summed E-state index contributed by atoms with van der Waals surface area (Å²) < 4.78 is 0. The molecule has 0 aromatic carbocycles. The molecule has 0 heterocycles. The van der Waals surface area contributed by atoms with Crippen molar-refractivity contribution >= 4 is 11.8 Å². The Kier molecular flexibility index (Phi) is 53.7. The Morgan fingerprint density at radius 3 is 0.574 bits per heavy atom. The fraction of sp³-hybridized carbons (Fsp3) is 0.981. The zero-order valence-electron chi connectivity index (χ0n) is 38.3. The van der Waals surface area contributed by atoms with Crippen LogP contribution < -0.4 is 0 Å². The van der Waals surface area contributed by atoms with E-state index in [1.54, 1.807) is 0 Å². The summed E-state index contributed by atoms with van der Waals surface area (Å²) in [4.78, 5) is 0. The summed E-state index contributed by atoms with van der Waals surface area (Å²) in [6, 6.07) is 0. The van der Waals surface area contributed by atoms with Gasteiger partial charge in [0, 0.05) is 5.75 Å². The predicted molar refractivity (Wildman–Crippen MR) is 254 cm³/mol. The Morgan fingerprint density at radius 1 is 0.204 bits per heavy atom. The maximum atomic E-state index is 2.52. The second-order valence-corrected chi connectivity index (χ2v) is 19.2. The number of hydrogen-bond donors (Lipinski definition) is 0. The maximum Gasteiger partial charge on any atom is 0.0166 e. The van der Waals surface area contributed by atoms with Crippen LogP contribution in [0.5, 0.6) is 0 Å². The molecule has 0 aliphatic rings. The Balaban J connectivity index is 3.05. The van der Waals surface area contributed by atoms with Gasteiger partial charge >= 0.3 is 0 Å². The smallest absolute Gasteiger partial charge is 0.0166 e. The van der Waals surface area contributed by atoms with Crippen molar-refractivity contribution in [3.8, 4) is 0 Å². The molecule has 325 valence electrons. The highest BCUT2D eigenvalue weighted by Gasteiger charge is 1.99. The van der Waals surface area contributed by atoms with Crippen molar-refractivity contribution in [1.29, 1.82) is 0 Å². The van der Waals surface area contributed by atoms with E-state index in [2.05, 4.69) is 31.4 Å². The van der Waals surface area contributed by atoms with Crippen molar-refractivity contribution in [3.63, 3.8) is 0 Å². The summed E-state index contributed by atoms with van der Waals surface area (Å²) in [5.74, 6) is 3.88. The fourth-order valence-corrected chi connectivity index (χ4v) is 9.38. The first-order valence-electron chi connectivity index (χ1n) is 26.3. The molecule has 1 heteroatoms. The minimum atomic E-state index is 1.34. The highest BCUT2D eigenvalue weighted by Crippen LogP contribution is 2.20. The molecule has 0 nitrogen and oxygen atoms in total. The van der Waals surface area contributed by atoms with Crippen LogP contribution in [0.1, 0.15) is 328 Å². The lowest BCUT2D eigenvalue weighted by Crippen LogP contribution is -1.85. The second kappa shape index (κ2) is 53.4. The van der Waals surface area contributed by atoms with Crippen molar-refractivity contribution in [3.05, 3.63) is 5.75 Å². The van der Waals surface area contributed by atoms with Gasteiger partial charge in [-0.05, 0) is 18.6 Å². The van der Waals surface area contributed by atoms with Gasteiger partial charge in [-0.2, -0.15) is 11.8 Å². The molecule has 0 atom stereocenters. The molecule has 0 aromatic rings. The largest absolute Gasteiger partial charge is 0.157 e. The Labute approximate surface area is 350 Å². The van der Waals surface area contributed by atoms with Gasteiger partial charge in [0.2, 0.25) is 0 Å². The molecule has 0 unspecified atom stereocenters. The first-order valence-corrected chi connectivity index (χ1v) is 27.4. The molecule has 0 bridgehead atoms. The molecule has 0 saturated carbocycles. The van der Waals surface area contributed by atoms with E-state index in [0.717, 1.165) is 0 Å². The van der Waals surface area contributed by atoms with Gasteiger partial charge < -0.3 is 0 Å². The third-order valence-corrected chi connectivity index (χ3v) is 13.4. The van der Waals surface area contributed by atoms with Gasteiger partial charge in [0.25, 0.3) is 0 Å². The van der Waals surface area contributed by atoms with Gasteiger partial charge in [0.1, 0.15) is 0 Å². The molecule has 0 N–H and O–H groups in total. The zero-order chi connectivity index (χ0) is 38.8.